The number of hydrogen-bond donors (Lipinski definition) is 1. The summed E-state index contributed by atoms with van der Waals surface area (Å²) in [7, 11) is 0. The molecule has 0 fully saturated rings. The number of nitrogens with zero attached hydrogens (tertiary/aromatic N) is 2. The van der Waals surface area contributed by atoms with Crippen LogP contribution in [0.5, 0.6) is 0 Å². The Balaban J connectivity index is 1.86. The highest BCUT2D eigenvalue weighted by Gasteiger charge is 2.11. The number of non-ortho nitro benzene ring substituents is 1. The number of aromatic nitrogens is 1. The van der Waals surface area contributed by atoms with Crippen molar-refractivity contribution in [3.05, 3.63) is 76.6 Å². The molecular weight excluding hydrogens is 282 g/mol. The van der Waals surface area contributed by atoms with Crippen LogP contribution in [0.4, 0.5) is 11.4 Å². The topological polar surface area (TPSA) is 85.1 Å². The molecule has 1 heterocycles. The number of pyridine rings is 1. The number of anilines is 1. The van der Waals surface area contributed by atoms with E-state index in [0.717, 1.165) is 10.8 Å². The first-order chi connectivity index (χ1) is 10.6. The van der Waals surface area contributed by atoms with Gasteiger partial charge in [0.05, 0.1) is 4.92 Å². The van der Waals surface area contributed by atoms with Crippen LogP contribution in [0.3, 0.4) is 0 Å². The molecule has 22 heavy (non-hydrogen) atoms. The van der Waals surface area contributed by atoms with Crippen molar-refractivity contribution in [3.8, 4) is 0 Å². The second-order valence-electron chi connectivity index (χ2n) is 4.68. The molecule has 3 rings (SSSR count). The molecule has 0 atom stereocenters. The Morgan fingerprint density at radius 3 is 2.59 bits per heavy atom. The van der Waals surface area contributed by atoms with Crippen molar-refractivity contribution in [3.63, 3.8) is 0 Å². The Morgan fingerprint density at radius 2 is 1.82 bits per heavy atom. The molecule has 0 aliphatic rings. The lowest BCUT2D eigenvalue weighted by Gasteiger charge is -2.05. The molecule has 2 aromatic carbocycles. The quantitative estimate of drug-likeness (QED) is 0.592. The fraction of sp³-hybridized carbons (Fsp3) is 0. The smallest absolute Gasteiger partial charge is 0.274 e. The second-order valence-corrected chi connectivity index (χ2v) is 4.68. The molecule has 108 valence electrons. The van der Waals surface area contributed by atoms with E-state index >= 15 is 0 Å². The highest BCUT2D eigenvalue weighted by Crippen LogP contribution is 2.18. The number of carbonyl (C=O) groups is 1. The van der Waals surface area contributed by atoms with E-state index in [1.807, 2.05) is 24.3 Å². The standard InChI is InChI=1S/C16H11N3O3/c20-16(18-13-6-3-7-14(9-13)19(21)22)15-8-11-4-1-2-5-12(11)10-17-15/h1-10H,(H,18,20). The molecule has 6 nitrogen and oxygen atoms in total. The van der Waals surface area contributed by atoms with E-state index in [9.17, 15) is 14.9 Å². The summed E-state index contributed by atoms with van der Waals surface area (Å²) in [6.45, 7) is 0. The van der Waals surface area contributed by atoms with Crippen LogP contribution >= 0.6 is 0 Å². The molecule has 3 aromatic rings. The first kappa shape index (κ1) is 13.7. The van der Waals surface area contributed by atoms with Gasteiger partial charge in [-0.1, -0.05) is 30.3 Å². The van der Waals surface area contributed by atoms with Gasteiger partial charge in [-0.25, -0.2) is 0 Å². The average molecular weight is 293 g/mol. The van der Waals surface area contributed by atoms with E-state index < -0.39 is 10.8 Å². The zero-order valence-electron chi connectivity index (χ0n) is 11.4. The van der Waals surface area contributed by atoms with Crippen molar-refractivity contribution < 1.29 is 9.72 Å². The van der Waals surface area contributed by atoms with Crippen molar-refractivity contribution in [2.24, 2.45) is 0 Å². The highest BCUT2D eigenvalue weighted by atomic mass is 16.6. The average Bonchev–Trinajstić information content (AvgIpc) is 2.54. The normalized spacial score (nSPS) is 10.4. The Kier molecular flexibility index (Phi) is 3.49. The SMILES string of the molecule is O=C(Nc1cccc([N+](=O)[O-])c1)c1cc2ccccc2cn1. The van der Waals surface area contributed by atoms with Crippen LogP contribution in [0.2, 0.25) is 0 Å². The molecule has 0 aliphatic heterocycles. The number of fused-ring (bicyclic) bond motifs is 1. The van der Waals surface area contributed by atoms with Gasteiger partial charge in [-0.2, -0.15) is 0 Å². The fourth-order valence-electron chi connectivity index (χ4n) is 2.10. The predicted molar refractivity (Wildman–Crippen MR) is 82.8 cm³/mol. The number of rotatable bonds is 3. The molecule has 1 N–H and O–H groups in total. The van der Waals surface area contributed by atoms with E-state index in [4.69, 9.17) is 0 Å². The Labute approximate surface area is 125 Å². The van der Waals surface area contributed by atoms with Crippen LogP contribution in [0.25, 0.3) is 10.8 Å². The van der Waals surface area contributed by atoms with Crippen molar-refractivity contribution in [2.45, 2.75) is 0 Å². The number of benzene rings is 2. The number of carbonyl (C=O) groups excluding carboxylic acids is 1. The van der Waals surface area contributed by atoms with Crippen LogP contribution in [0, 0.1) is 10.1 Å². The van der Waals surface area contributed by atoms with E-state index in [1.54, 1.807) is 18.3 Å². The molecule has 0 saturated heterocycles. The summed E-state index contributed by atoms with van der Waals surface area (Å²) in [4.78, 5) is 26.5. The van der Waals surface area contributed by atoms with Gasteiger partial charge in [0.25, 0.3) is 11.6 Å². The third kappa shape index (κ3) is 2.76. The molecule has 0 saturated carbocycles. The second kappa shape index (κ2) is 5.61. The number of hydrogen-bond acceptors (Lipinski definition) is 4. The molecule has 0 aliphatic carbocycles. The van der Waals surface area contributed by atoms with Gasteiger partial charge < -0.3 is 5.32 Å². The number of nitro benzene ring substituents is 1. The number of nitrogens with one attached hydrogen (secondary N) is 1. The molecule has 0 spiro atoms. The lowest BCUT2D eigenvalue weighted by molar-refractivity contribution is -0.384. The van der Waals surface area contributed by atoms with Crippen LogP contribution in [0.15, 0.2) is 60.8 Å². The van der Waals surface area contributed by atoms with Gasteiger partial charge in [-0.3, -0.25) is 19.9 Å². The van der Waals surface area contributed by atoms with E-state index in [0.29, 0.717) is 5.69 Å². The summed E-state index contributed by atoms with van der Waals surface area (Å²) in [5.74, 6) is -0.411. The Bertz CT molecular complexity index is 877. The molecule has 1 amide bonds. The van der Waals surface area contributed by atoms with Gasteiger partial charge >= 0.3 is 0 Å². The summed E-state index contributed by atoms with van der Waals surface area (Å²) >= 11 is 0. The number of nitro groups is 1. The minimum atomic E-state index is -0.510. The van der Waals surface area contributed by atoms with Crippen molar-refractivity contribution in [1.82, 2.24) is 4.98 Å². The molecule has 6 heteroatoms. The first-order valence-electron chi connectivity index (χ1n) is 6.54. The zero-order chi connectivity index (χ0) is 15.5. The first-order valence-corrected chi connectivity index (χ1v) is 6.54. The molecular formula is C16H11N3O3. The van der Waals surface area contributed by atoms with Crippen LogP contribution in [-0.2, 0) is 0 Å². The van der Waals surface area contributed by atoms with Crippen LogP contribution in [-0.4, -0.2) is 15.8 Å². The Hall–Kier alpha value is -3.28. The van der Waals surface area contributed by atoms with E-state index in [2.05, 4.69) is 10.3 Å². The van der Waals surface area contributed by atoms with Gasteiger partial charge in [0.15, 0.2) is 0 Å². The van der Waals surface area contributed by atoms with Gasteiger partial charge in [0.1, 0.15) is 5.69 Å². The van der Waals surface area contributed by atoms with Crippen LogP contribution < -0.4 is 5.32 Å². The van der Waals surface area contributed by atoms with Gasteiger partial charge in [-0.15, -0.1) is 0 Å². The molecule has 0 radical (unpaired) electrons. The zero-order valence-corrected chi connectivity index (χ0v) is 11.4. The van der Waals surface area contributed by atoms with E-state index in [1.165, 1.54) is 18.2 Å². The van der Waals surface area contributed by atoms with Gasteiger partial charge in [0.2, 0.25) is 0 Å². The summed E-state index contributed by atoms with van der Waals surface area (Å²) in [6.07, 6.45) is 1.62. The third-order valence-electron chi connectivity index (χ3n) is 3.18. The highest BCUT2D eigenvalue weighted by molar-refractivity contribution is 6.04. The maximum absolute atomic E-state index is 12.2. The van der Waals surface area contributed by atoms with Crippen LogP contribution in [0.1, 0.15) is 10.5 Å². The van der Waals surface area contributed by atoms with E-state index in [-0.39, 0.29) is 11.4 Å². The molecule has 0 bridgehead atoms. The third-order valence-corrected chi connectivity index (χ3v) is 3.18. The monoisotopic (exact) mass is 293 g/mol. The summed E-state index contributed by atoms with van der Waals surface area (Å²) in [5, 5.41) is 15.2. The molecule has 0 unspecified atom stereocenters. The maximum Gasteiger partial charge on any atom is 0.274 e. The predicted octanol–water partition coefficient (Wildman–Crippen LogP) is 3.40. The minimum absolute atomic E-state index is 0.0794. The lowest BCUT2D eigenvalue weighted by Crippen LogP contribution is -2.13. The van der Waals surface area contributed by atoms with Crippen molar-refractivity contribution in [1.29, 1.82) is 0 Å². The summed E-state index contributed by atoms with van der Waals surface area (Å²) in [5.41, 5.74) is 0.531. The van der Waals surface area contributed by atoms with Crippen molar-refractivity contribution in [2.75, 3.05) is 5.32 Å². The fourth-order valence-corrected chi connectivity index (χ4v) is 2.10. The summed E-state index contributed by atoms with van der Waals surface area (Å²) in [6, 6.07) is 15.0. The van der Waals surface area contributed by atoms with Gasteiger partial charge in [-0.05, 0) is 17.5 Å². The minimum Gasteiger partial charge on any atom is -0.320 e. The lowest BCUT2D eigenvalue weighted by atomic mass is 10.1. The summed E-state index contributed by atoms with van der Waals surface area (Å²) < 4.78 is 0. The largest absolute Gasteiger partial charge is 0.320 e. The number of amides is 1. The van der Waals surface area contributed by atoms with Gasteiger partial charge in [0, 0.05) is 29.4 Å². The molecule has 1 aromatic heterocycles. The Morgan fingerprint density at radius 1 is 1.05 bits per heavy atom. The maximum atomic E-state index is 12.2. The van der Waals surface area contributed by atoms with Crippen molar-refractivity contribution >= 4 is 28.1 Å².